The average Bonchev–Trinajstić information content (AvgIpc) is 2.68. The van der Waals surface area contributed by atoms with Gasteiger partial charge in [-0.3, -0.25) is 25.0 Å². The number of hydrogen-bond acceptors (Lipinski definition) is 5. The van der Waals surface area contributed by atoms with E-state index in [4.69, 9.17) is 16.3 Å². The van der Waals surface area contributed by atoms with E-state index in [1.54, 1.807) is 24.3 Å². The van der Waals surface area contributed by atoms with Crippen molar-refractivity contribution in [3.8, 4) is 5.75 Å². The highest BCUT2D eigenvalue weighted by Crippen LogP contribution is 2.24. The molecule has 2 aromatic carbocycles. The topological polar surface area (TPSA) is 85.2 Å². The number of fused-ring (bicyclic) bond motifs is 1. The molecule has 0 atom stereocenters. The number of carbonyl (C=O) groups is 1. The highest BCUT2D eigenvalue weighted by Gasteiger charge is 2.11. The summed E-state index contributed by atoms with van der Waals surface area (Å²) in [6.07, 6.45) is 0.0185. The molecule has 2 N–H and O–H groups in total. The Morgan fingerprint density at radius 1 is 1.29 bits per heavy atom. The molecule has 1 aromatic heterocycles. The van der Waals surface area contributed by atoms with E-state index in [-0.39, 0.29) is 35.5 Å². The quantitative estimate of drug-likeness (QED) is 0.591. The molecule has 0 radical (unpaired) electrons. The predicted molar refractivity (Wildman–Crippen MR) is 105 cm³/mol. The summed E-state index contributed by atoms with van der Waals surface area (Å²) >= 11 is 5.86. The van der Waals surface area contributed by atoms with E-state index in [1.165, 1.54) is 16.7 Å². The molecule has 1 amide bonds. The fourth-order valence-electron chi connectivity index (χ4n) is 2.59. The van der Waals surface area contributed by atoms with Gasteiger partial charge in [0.25, 0.3) is 5.56 Å². The summed E-state index contributed by atoms with van der Waals surface area (Å²) < 4.78 is 19.8. The highest BCUT2D eigenvalue weighted by atomic mass is 35.5. The normalized spacial score (nSPS) is 10.7. The lowest BCUT2D eigenvalue weighted by molar-refractivity contribution is -0.121. The van der Waals surface area contributed by atoms with Crippen LogP contribution in [0.5, 0.6) is 5.75 Å². The molecule has 28 heavy (non-hydrogen) atoms. The van der Waals surface area contributed by atoms with Crippen molar-refractivity contribution in [2.75, 3.05) is 12.0 Å². The van der Waals surface area contributed by atoms with Gasteiger partial charge in [0.15, 0.2) is 0 Å². The number of hydrogen-bond donors (Lipinski definition) is 2. The van der Waals surface area contributed by atoms with Crippen LogP contribution in [0.1, 0.15) is 13.3 Å². The number of halogens is 2. The van der Waals surface area contributed by atoms with Gasteiger partial charge in [0, 0.05) is 6.54 Å². The van der Waals surface area contributed by atoms with Gasteiger partial charge in [-0.15, -0.1) is 0 Å². The number of benzene rings is 2. The molecule has 1 heterocycles. The Labute approximate surface area is 165 Å². The number of hydrazine groups is 1. The first kappa shape index (κ1) is 19.6. The number of amides is 1. The molecule has 0 saturated heterocycles. The molecular weight excluding hydrogens is 387 g/mol. The first-order valence-corrected chi connectivity index (χ1v) is 8.99. The van der Waals surface area contributed by atoms with E-state index in [0.717, 1.165) is 6.07 Å². The first-order valence-electron chi connectivity index (χ1n) is 8.62. The lowest BCUT2D eigenvalue weighted by Crippen LogP contribution is -2.34. The van der Waals surface area contributed by atoms with Gasteiger partial charge in [-0.2, -0.15) is 0 Å². The molecule has 9 heteroatoms. The lowest BCUT2D eigenvalue weighted by atomic mass is 10.2. The Kier molecular flexibility index (Phi) is 6.10. The molecule has 0 bridgehead atoms. The number of anilines is 1. The molecule has 0 saturated carbocycles. The second-order valence-corrected chi connectivity index (χ2v) is 6.26. The number of aromatic nitrogens is 2. The van der Waals surface area contributed by atoms with Crippen LogP contribution in [0.15, 0.2) is 47.3 Å². The van der Waals surface area contributed by atoms with E-state index in [2.05, 4.69) is 15.8 Å². The van der Waals surface area contributed by atoms with Crippen LogP contribution in [-0.2, 0) is 11.3 Å². The van der Waals surface area contributed by atoms with Gasteiger partial charge in [-0.25, -0.2) is 9.37 Å². The summed E-state index contributed by atoms with van der Waals surface area (Å²) in [4.78, 5) is 28.9. The second kappa shape index (κ2) is 8.71. The maximum atomic E-state index is 13.0. The summed E-state index contributed by atoms with van der Waals surface area (Å²) in [6.45, 7) is 2.25. The van der Waals surface area contributed by atoms with Crippen LogP contribution in [0.25, 0.3) is 10.9 Å². The van der Waals surface area contributed by atoms with Crippen molar-refractivity contribution in [3.05, 3.63) is 63.7 Å². The number of carbonyl (C=O) groups excluding carboxylic acids is 1. The summed E-state index contributed by atoms with van der Waals surface area (Å²) in [5.74, 6) is -0.311. The van der Waals surface area contributed by atoms with E-state index in [0.29, 0.717) is 23.2 Å². The van der Waals surface area contributed by atoms with Crippen molar-refractivity contribution in [2.24, 2.45) is 0 Å². The summed E-state index contributed by atoms with van der Waals surface area (Å²) in [6, 6.07) is 10.7. The zero-order valence-corrected chi connectivity index (χ0v) is 15.8. The molecule has 0 aliphatic rings. The van der Waals surface area contributed by atoms with Gasteiger partial charge >= 0.3 is 0 Å². The maximum Gasteiger partial charge on any atom is 0.262 e. The fourth-order valence-corrected chi connectivity index (χ4v) is 2.81. The van der Waals surface area contributed by atoms with Gasteiger partial charge in [-0.1, -0.05) is 23.7 Å². The third kappa shape index (κ3) is 4.40. The van der Waals surface area contributed by atoms with E-state index in [9.17, 15) is 14.0 Å². The van der Waals surface area contributed by atoms with E-state index < -0.39 is 5.82 Å². The van der Waals surface area contributed by atoms with Crippen molar-refractivity contribution in [2.45, 2.75) is 19.9 Å². The Balaban J connectivity index is 1.60. The van der Waals surface area contributed by atoms with Crippen molar-refractivity contribution in [1.82, 2.24) is 15.0 Å². The standard InChI is InChI=1S/C19H18ClFN4O3/c1-2-25-18(27)13-5-3-4-6-15(13)22-19(25)24-23-17(26)9-10-28-16-8-7-12(21)11-14(16)20/h3-8,11H,2,9-10H2,1H3,(H,22,24)(H,23,26). The van der Waals surface area contributed by atoms with Crippen LogP contribution in [-0.4, -0.2) is 22.1 Å². The molecule has 146 valence electrons. The minimum Gasteiger partial charge on any atom is -0.491 e. The zero-order valence-electron chi connectivity index (χ0n) is 15.0. The smallest absolute Gasteiger partial charge is 0.262 e. The lowest BCUT2D eigenvalue weighted by Gasteiger charge is -2.14. The van der Waals surface area contributed by atoms with Crippen molar-refractivity contribution in [3.63, 3.8) is 0 Å². The Bertz CT molecular complexity index is 1070. The number of para-hydroxylation sites is 1. The van der Waals surface area contributed by atoms with Crippen LogP contribution < -0.4 is 21.1 Å². The average molecular weight is 405 g/mol. The third-order valence-corrected chi connectivity index (χ3v) is 4.27. The van der Waals surface area contributed by atoms with E-state index >= 15 is 0 Å². The first-order chi connectivity index (χ1) is 13.5. The maximum absolute atomic E-state index is 13.0. The summed E-state index contributed by atoms with van der Waals surface area (Å²) in [5, 5.41) is 0.636. The molecular formula is C19H18ClFN4O3. The molecule has 7 nitrogen and oxygen atoms in total. The predicted octanol–water partition coefficient (Wildman–Crippen LogP) is 3.12. The monoisotopic (exact) mass is 404 g/mol. The number of nitrogens with zero attached hydrogens (tertiary/aromatic N) is 2. The number of ether oxygens (including phenoxy) is 1. The van der Waals surface area contributed by atoms with Crippen molar-refractivity contribution < 1.29 is 13.9 Å². The van der Waals surface area contributed by atoms with Crippen LogP contribution >= 0.6 is 11.6 Å². The largest absolute Gasteiger partial charge is 0.491 e. The molecule has 0 spiro atoms. The van der Waals surface area contributed by atoms with Crippen LogP contribution in [0.2, 0.25) is 5.02 Å². The molecule has 3 rings (SSSR count). The molecule has 0 fully saturated rings. The number of nitrogens with one attached hydrogen (secondary N) is 2. The molecule has 0 aliphatic carbocycles. The molecule has 0 unspecified atom stereocenters. The van der Waals surface area contributed by atoms with Gasteiger partial charge in [-0.05, 0) is 37.3 Å². The van der Waals surface area contributed by atoms with Crippen molar-refractivity contribution >= 4 is 34.4 Å². The Morgan fingerprint density at radius 2 is 2.07 bits per heavy atom. The SMILES string of the molecule is CCn1c(NNC(=O)CCOc2ccc(F)cc2Cl)nc2ccccc2c1=O. The molecule has 3 aromatic rings. The van der Waals surface area contributed by atoms with Crippen LogP contribution in [0.4, 0.5) is 10.3 Å². The third-order valence-electron chi connectivity index (χ3n) is 3.97. The van der Waals surface area contributed by atoms with Gasteiger partial charge in [0.05, 0.1) is 29.0 Å². The van der Waals surface area contributed by atoms with Crippen LogP contribution in [0.3, 0.4) is 0 Å². The minimum atomic E-state index is -0.468. The zero-order chi connectivity index (χ0) is 20.1. The van der Waals surface area contributed by atoms with Gasteiger partial charge in [0.2, 0.25) is 11.9 Å². The minimum absolute atomic E-state index is 0.0185. The Morgan fingerprint density at radius 3 is 2.82 bits per heavy atom. The fraction of sp³-hybridized carbons (Fsp3) is 0.211. The van der Waals surface area contributed by atoms with Gasteiger partial charge < -0.3 is 4.74 Å². The molecule has 0 aliphatic heterocycles. The Hall–Kier alpha value is -3.13. The highest BCUT2D eigenvalue weighted by molar-refractivity contribution is 6.32. The number of rotatable bonds is 7. The summed E-state index contributed by atoms with van der Waals surface area (Å²) in [5.41, 5.74) is 5.51. The van der Waals surface area contributed by atoms with Crippen molar-refractivity contribution in [1.29, 1.82) is 0 Å². The van der Waals surface area contributed by atoms with Crippen LogP contribution in [0, 0.1) is 5.82 Å². The van der Waals surface area contributed by atoms with E-state index in [1.807, 2.05) is 6.92 Å². The summed E-state index contributed by atoms with van der Waals surface area (Å²) in [7, 11) is 0. The second-order valence-electron chi connectivity index (χ2n) is 5.85. The van der Waals surface area contributed by atoms with Gasteiger partial charge in [0.1, 0.15) is 11.6 Å².